The Hall–Kier alpha value is -1.35. The number of carbonyl (C=O) groups is 1. The summed E-state index contributed by atoms with van der Waals surface area (Å²) in [5.41, 5.74) is 1.26. The summed E-state index contributed by atoms with van der Waals surface area (Å²) in [5, 5.41) is 3.62. The van der Waals surface area contributed by atoms with Crippen LogP contribution >= 0.6 is 0 Å². The Labute approximate surface area is 121 Å². The number of hydrogen-bond acceptors (Lipinski definition) is 3. The Kier molecular flexibility index (Phi) is 5.60. The number of esters is 1. The lowest BCUT2D eigenvalue weighted by Crippen LogP contribution is -2.43. The highest BCUT2D eigenvalue weighted by Gasteiger charge is 2.32. The van der Waals surface area contributed by atoms with E-state index < -0.39 is 0 Å². The van der Waals surface area contributed by atoms with Gasteiger partial charge in [-0.05, 0) is 32.3 Å². The average molecular weight is 275 g/mol. The highest BCUT2D eigenvalue weighted by atomic mass is 16.5. The van der Waals surface area contributed by atoms with Gasteiger partial charge in [-0.1, -0.05) is 43.2 Å². The molecule has 20 heavy (non-hydrogen) atoms. The first-order valence-corrected chi connectivity index (χ1v) is 7.70. The molecule has 1 aliphatic rings. The number of carbonyl (C=O) groups excluding carboxylic acids is 1. The first-order valence-electron chi connectivity index (χ1n) is 7.70. The summed E-state index contributed by atoms with van der Waals surface area (Å²) in [6.45, 7) is 4.50. The molecule has 0 radical (unpaired) electrons. The standard InChI is InChI=1S/C17H25NO2/c1-3-20-17(19)15-11-7-8-12-16(15)18-13(2)14-9-5-4-6-10-14/h4-6,9-10,13,15-16,18H,3,7-8,11-12H2,1-2H3/t13?,15-,16?/m1/s1. The van der Waals surface area contributed by atoms with E-state index in [0.29, 0.717) is 6.61 Å². The van der Waals surface area contributed by atoms with Gasteiger partial charge in [-0.2, -0.15) is 0 Å². The van der Waals surface area contributed by atoms with Gasteiger partial charge < -0.3 is 10.1 Å². The first-order chi connectivity index (χ1) is 9.72. The molecule has 3 heteroatoms. The molecule has 3 nitrogen and oxygen atoms in total. The van der Waals surface area contributed by atoms with Crippen molar-refractivity contribution in [2.75, 3.05) is 6.61 Å². The van der Waals surface area contributed by atoms with Gasteiger partial charge in [0.1, 0.15) is 0 Å². The molecule has 0 aromatic heterocycles. The summed E-state index contributed by atoms with van der Waals surface area (Å²) in [6.07, 6.45) is 4.31. The van der Waals surface area contributed by atoms with Crippen molar-refractivity contribution in [3.8, 4) is 0 Å². The monoisotopic (exact) mass is 275 g/mol. The van der Waals surface area contributed by atoms with Gasteiger partial charge in [0.25, 0.3) is 0 Å². The molecule has 0 aliphatic heterocycles. The predicted molar refractivity (Wildman–Crippen MR) is 80.4 cm³/mol. The Bertz CT molecular complexity index is 418. The third-order valence-electron chi connectivity index (χ3n) is 4.12. The second-order valence-corrected chi connectivity index (χ2v) is 5.55. The molecule has 0 bridgehead atoms. The van der Waals surface area contributed by atoms with Crippen LogP contribution in [0.4, 0.5) is 0 Å². The minimum atomic E-state index is -0.0371. The van der Waals surface area contributed by atoms with Crippen molar-refractivity contribution in [2.45, 2.75) is 51.6 Å². The molecule has 1 aromatic rings. The quantitative estimate of drug-likeness (QED) is 0.836. The molecule has 3 atom stereocenters. The zero-order chi connectivity index (χ0) is 14.4. The molecule has 1 aliphatic carbocycles. The van der Waals surface area contributed by atoms with Crippen LogP contribution in [0.5, 0.6) is 0 Å². The Balaban J connectivity index is 2.00. The second-order valence-electron chi connectivity index (χ2n) is 5.55. The van der Waals surface area contributed by atoms with Gasteiger partial charge in [-0.3, -0.25) is 4.79 Å². The van der Waals surface area contributed by atoms with E-state index in [4.69, 9.17) is 4.74 Å². The van der Waals surface area contributed by atoms with Crippen LogP contribution in [0.25, 0.3) is 0 Å². The number of benzene rings is 1. The molecule has 0 heterocycles. The normalized spacial score (nSPS) is 24.1. The molecule has 0 saturated heterocycles. The average Bonchev–Trinajstić information content (AvgIpc) is 2.49. The minimum absolute atomic E-state index is 0.00913. The molecule has 2 rings (SSSR count). The molecule has 110 valence electrons. The fourth-order valence-electron chi connectivity index (χ4n) is 3.02. The number of rotatable bonds is 5. The second kappa shape index (κ2) is 7.44. The van der Waals surface area contributed by atoms with Gasteiger partial charge in [0.2, 0.25) is 0 Å². The summed E-state index contributed by atoms with van der Waals surface area (Å²) in [7, 11) is 0. The van der Waals surface area contributed by atoms with Crippen molar-refractivity contribution >= 4 is 5.97 Å². The van der Waals surface area contributed by atoms with Crippen LogP contribution in [-0.4, -0.2) is 18.6 Å². The maximum Gasteiger partial charge on any atom is 0.310 e. The van der Waals surface area contributed by atoms with Crippen molar-refractivity contribution in [1.82, 2.24) is 5.32 Å². The van der Waals surface area contributed by atoms with E-state index in [-0.39, 0.29) is 24.0 Å². The molecule has 1 saturated carbocycles. The SMILES string of the molecule is CCOC(=O)[C@@H]1CCCCC1NC(C)c1ccccc1. The van der Waals surface area contributed by atoms with Gasteiger partial charge in [0.15, 0.2) is 0 Å². The zero-order valence-corrected chi connectivity index (χ0v) is 12.5. The van der Waals surface area contributed by atoms with Gasteiger partial charge in [0, 0.05) is 12.1 Å². The van der Waals surface area contributed by atoms with Crippen molar-refractivity contribution in [3.63, 3.8) is 0 Å². The van der Waals surface area contributed by atoms with Gasteiger partial charge >= 0.3 is 5.97 Å². The highest BCUT2D eigenvalue weighted by Crippen LogP contribution is 2.27. The molecule has 1 N–H and O–H groups in total. The van der Waals surface area contributed by atoms with Crippen LogP contribution in [0.2, 0.25) is 0 Å². The molecule has 1 aromatic carbocycles. The van der Waals surface area contributed by atoms with Crippen LogP contribution in [0, 0.1) is 5.92 Å². The van der Waals surface area contributed by atoms with Crippen LogP contribution in [0.3, 0.4) is 0 Å². The van der Waals surface area contributed by atoms with Gasteiger partial charge in [0.05, 0.1) is 12.5 Å². The number of hydrogen-bond donors (Lipinski definition) is 1. The topological polar surface area (TPSA) is 38.3 Å². The lowest BCUT2D eigenvalue weighted by atomic mass is 9.84. The molecule has 0 spiro atoms. The number of nitrogens with one attached hydrogen (secondary N) is 1. The Morgan fingerprint density at radius 2 is 2.00 bits per heavy atom. The van der Waals surface area contributed by atoms with E-state index in [0.717, 1.165) is 19.3 Å². The van der Waals surface area contributed by atoms with Crippen molar-refractivity contribution in [1.29, 1.82) is 0 Å². The van der Waals surface area contributed by atoms with Crippen LogP contribution in [-0.2, 0) is 9.53 Å². The highest BCUT2D eigenvalue weighted by molar-refractivity contribution is 5.73. The van der Waals surface area contributed by atoms with Crippen molar-refractivity contribution in [2.24, 2.45) is 5.92 Å². The van der Waals surface area contributed by atoms with Gasteiger partial charge in [-0.25, -0.2) is 0 Å². The van der Waals surface area contributed by atoms with Gasteiger partial charge in [-0.15, -0.1) is 0 Å². The summed E-state index contributed by atoms with van der Waals surface area (Å²) < 4.78 is 5.22. The lowest BCUT2D eigenvalue weighted by molar-refractivity contribution is -0.150. The fraction of sp³-hybridized carbons (Fsp3) is 0.588. The molecule has 1 fully saturated rings. The largest absolute Gasteiger partial charge is 0.466 e. The summed E-state index contributed by atoms with van der Waals surface area (Å²) >= 11 is 0. The summed E-state index contributed by atoms with van der Waals surface area (Å²) in [6, 6.07) is 10.9. The first kappa shape index (κ1) is 15.0. The third-order valence-corrected chi connectivity index (χ3v) is 4.12. The van der Waals surface area contributed by atoms with Crippen LogP contribution in [0.15, 0.2) is 30.3 Å². The van der Waals surface area contributed by atoms with E-state index in [1.165, 1.54) is 12.0 Å². The van der Waals surface area contributed by atoms with E-state index in [1.54, 1.807) is 0 Å². The molecule has 2 unspecified atom stereocenters. The molecular weight excluding hydrogens is 250 g/mol. The molecular formula is C17H25NO2. The van der Waals surface area contributed by atoms with Crippen LogP contribution in [0.1, 0.15) is 51.1 Å². The zero-order valence-electron chi connectivity index (χ0n) is 12.5. The van der Waals surface area contributed by atoms with Crippen LogP contribution < -0.4 is 5.32 Å². The summed E-state index contributed by atoms with van der Waals surface area (Å²) in [5.74, 6) is -0.0279. The van der Waals surface area contributed by atoms with E-state index in [1.807, 2.05) is 13.0 Å². The smallest absolute Gasteiger partial charge is 0.310 e. The van der Waals surface area contributed by atoms with E-state index in [2.05, 4.69) is 36.5 Å². The molecule has 0 amide bonds. The third kappa shape index (κ3) is 3.83. The predicted octanol–water partition coefficient (Wildman–Crippen LogP) is 3.46. The van der Waals surface area contributed by atoms with E-state index >= 15 is 0 Å². The Morgan fingerprint density at radius 3 is 2.70 bits per heavy atom. The van der Waals surface area contributed by atoms with Crippen molar-refractivity contribution < 1.29 is 9.53 Å². The maximum absolute atomic E-state index is 12.1. The number of ether oxygens (including phenoxy) is 1. The fourth-order valence-corrected chi connectivity index (χ4v) is 3.02. The van der Waals surface area contributed by atoms with Crippen molar-refractivity contribution in [3.05, 3.63) is 35.9 Å². The Morgan fingerprint density at radius 1 is 1.30 bits per heavy atom. The minimum Gasteiger partial charge on any atom is -0.466 e. The summed E-state index contributed by atoms with van der Waals surface area (Å²) in [4.78, 5) is 12.1. The van der Waals surface area contributed by atoms with E-state index in [9.17, 15) is 4.79 Å². The maximum atomic E-state index is 12.1. The lowest BCUT2D eigenvalue weighted by Gasteiger charge is -2.33.